The fourth-order valence-electron chi connectivity index (χ4n) is 1.40. The van der Waals surface area contributed by atoms with Crippen LogP contribution in [0.15, 0.2) is 24.3 Å². The monoisotopic (exact) mass is 264 g/mol. The zero-order valence-electron chi connectivity index (χ0n) is 10.9. The summed E-state index contributed by atoms with van der Waals surface area (Å²) in [5, 5.41) is 5.04. The van der Waals surface area contributed by atoms with Crippen LogP contribution in [0.4, 0.5) is 5.69 Å². The Balaban J connectivity index is 2.56. The molecule has 0 bridgehead atoms. The van der Waals surface area contributed by atoms with E-state index in [1.165, 1.54) is 7.05 Å². The smallest absolute Gasteiger partial charge is 0.315 e. The topological polar surface area (TPSA) is 84.5 Å². The third kappa shape index (κ3) is 4.79. The molecule has 0 saturated heterocycles. The number of amides is 2. The molecular formula is C13H16N2O4. The molecule has 0 fully saturated rings. The van der Waals surface area contributed by atoms with Gasteiger partial charge in [-0.25, -0.2) is 0 Å². The number of anilines is 1. The van der Waals surface area contributed by atoms with Crippen LogP contribution in [0.2, 0.25) is 0 Å². The van der Waals surface area contributed by atoms with E-state index in [0.717, 1.165) is 0 Å². The number of benzene rings is 1. The Labute approximate surface area is 111 Å². The van der Waals surface area contributed by atoms with E-state index in [-0.39, 0.29) is 18.9 Å². The highest BCUT2D eigenvalue weighted by Crippen LogP contribution is 2.10. The summed E-state index contributed by atoms with van der Waals surface area (Å²) >= 11 is 0. The van der Waals surface area contributed by atoms with Crippen molar-refractivity contribution in [1.29, 1.82) is 0 Å². The molecule has 0 unspecified atom stereocenters. The zero-order chi connectivity index (χ0) is 14.3. The van der Waals surface area contributed by atoms with Gasteiger partial charge in [-0.2, -0.15) is 0 Å². The van der Waals surface area contributed by atoms with Crippen molar-refractivity contribution in [2.45, 2.75) is 13.3 Å². The van der Waals surface area contributed by atoms with Gasteiger partial charge >= 0.3 is 5.97 Å². The molecule has 0 aliphatic heterocycles. The van der Waals surface area contributed by atoms with Crippen LogP contribution in [0.3, 0.4) is 0 Å². The third-order valence-corrected chi connectivity index (χ3v) is 2.27. The van der Waals surface area contributed by atoms with Gasteiger partial charge in [0.05, 0.1) is 6.61 Å². The number of esters is 1. The first-order valence-electron chi connectivity index (χ1n) is 5.84. The number of rotatable bonds is 5. The maximum absolute atomic E-state index is 11.5. The molecule has 0 aromatic heterocycles. The molecule has 0 atom stereocenters. The fraction of sp³-hybridized carbons (Fsp3) is 0.308. The van der Waals surface area contributed by atoms with Crippen molar-refractivity contribution < 1.29 is 19.1 Å². The third-order valence-electron chi connectivity index (χ3n) is 2.27. The maximum atomic E-state index is 11.5. The molecule has 0 radical (unpaired) electrons. The Kier molecular flexibility index (Phi) is 5.53. The molecule has 0 aliphatic carbocycles. The molecule has 6 nitrogen and oxygen atoms in total. The summed E-state index contributed by atoms with van der Waals surface area (Å²) in [5.74, 6) is -1.22. The van der Waals surface area contributed by atoms with Gasteiger partial charge in [-0.15, -0.1) is 0 Å². The van der Waals surface area contributed by atoms with Crippen molar-refractivity contribution >= 4 is 23.5 Å². The van der Waals surface area contributed by atoms with Crippen LogP contribution in [0, 0.1) is 0 Å². The Morgan fingerprint density at radius 2 is 1.79 bits per heavy atom. The maximum Gasteiger partial charge on any atom is 0.315 e. The predicted molar refractivity (Wildman–Crippen MR) is 69.7 cm³/mol. The molecular weight excluding hydrogens is 248 g/mol. The van der Waals surface area contributed by atoms with Crippen molar-refractivity contribution in [1.82, 2.24) is 5.32 Å². The van der Waals surface area contributed by atoms with E-state index in [4.69, 9.17) is 0 Å². The molecule has 1 rings (SSSR count). The Morgan fingerprint density at radius 1 is 1.16 bits per heavy atom. The van der Waals surface area contributed by atoms with E-state index in [1.807, 2.05) is 0 Å². The minimum absolute atomic E-state index is 0.204. The van der Waals surface area contributed by atoms with Crippen molar-refractivity contribution in [3.05, 3.63) is 29.8 Å². The van der Waals surface area contributed by atoms with Crippen LogP contribution in [-0.4, -0.2) is 31.4 Å². The van der Waals surface area contributed by atoms with E-state index in [0.29, 0.717) is 11.3 Å². The molecule has 6 heteroatoms. The van der Waals surface area contributed by atoms with Crippen LogP contribution in [0.5, 0.6) is 0 Å². The van der Waals surface area contributed by atoms with Crippen LogP contribution in [-0.2, 0) is 14.3 Å². The minimum Gasteiger partial charge on any atom is -0.466 e. The van der Waals surface area contributed by atoms with Crippen LogP contribution in [0.25, 0.3) is 0 Å². The first kappa shape index (κ1) is 14.7. The molecule has 2 amide bonds. The molecule has 0 aliphatic rings. The molecule has 2 N–H and O–H groups in total. The van der Waals surface area contributed by atoms with Crippen LogP contribution >= 0.6 is 0 Å². The molecule has 1 aromatic carbocycles. The Hall–Kier alpha value is -2.37. The number of nitrogens with one attached hydrogen (secondary N) is 2. The lowest BCUT2D eigenvalue weighted by molar-refractivity contribution is -0.145. The lowest BCUT2D eigenvalue weighted by atomic mass is 10.2. The first-order chi connectivity index (χ1) is 9.06. The average Bonchev–Trinajstić information content (AvgIpc) is 2.38. The largest absolute Gasteiger partial charge is 0.466 e. The van der Waals surface area contributed by atoms with Gasteiger partial charge in [-0.3, -0.25) is 14.4 Å². The summed E-state index contributed by atoms with van der Waals surface area (Å²) in [4.78, 5) is 33.9. The summed E-state index contributed by atoms with van der Waals surface area (Å²) in [5.41, 5.74) is 1.01. The minimum atomic E-state index is -0.568. The molecule has 102 valence electrons. The van der Waals surface area contributed by atoms with Gasteiger partial charge in [-0.05, 0) is 31.2 Å². The summed E-state index contributed by atoms with van der Waals surface area (Å²) < 4.78 is 4.66. The van der Waals surface area contributed by atoms with Gasteiger partial charge in [-0.1, -0.05) is 0 Å². The summed E-state index contributed by atoms with van der Waals surface area (Å²) in [7, 11) is 1.54. The lowest BCUT2D eigenvalue weighted by Crippen LogP contribution is -2.19. The standard InChI is InChI=1S/C13H16N2O4/c1-3-19-12(17)8-11(16)15-10-6-4-9(5-7-10)13(18)14-2/h4-7H,3,8H2,1-2H3,(H,14,18)(H,15,16). The molecule has 0 heterocycles. The summed E-state index contributed by atoms with van der Waals surface area (Å²) in [6.45, 7) is 1.92. The van der Waals surface area contributed by atoms with Gasteiger partial charge in [0.15, 0.2) is 0 Å². The molecule has 0 spiro atoms. The number of hydrogen-bond acceptors (Lipinski definition) is 4. The number of carbonyl (C=O) groups excluding carboxylic acids is 3. The quantitative estimate of drug-likeness (QED) is 0.612. The highest BCUT2D eigenvalue weighted by molar-refractivity contribution is 6.02. The summed E-state index contributed by atoms with van der Waals surface area (Å²) in [6.07, 6.45) is -0.328. The molecule has 19 heavy (non-hydrogen) atoms. The molecule has 0 saturated carbocycles. The number of ether oxygens (including phenoxy) is 1. The van der Waals surface area contributed by atoms with Gasteiger partial charge in [0.2, 0.25) is 5.91 Å². The zero-order valence-corrected chi connectivity index (χ0v) is 10.9. The Bertz CT molecular complexity index is 468. The van der Waals surface area contributed by atoms with E-state index >= 15 is 0 Å². The van der Waals surface area contributed by atoms with Gasteiger partial charge in [0.25, 0.3) is 5.91 Å². The van der Waals surface area contributed by atoms with Crippen molar-refractivity contribution in [2.24, 2.45) is 0 Å². The normalized spacial score (nSPS) is 9.58. The van der Waals surface area contributed by atoms with Gasteiger partial charge < -0.3 is 15.4 Å². The summed E-state index contributed by atoms with van der Waals surface area (Å²) in [6, 6.07) is 6.35. The highest BCUT2D eigenvalue weighted by atomic mass is 16.5. The number of hydrogen-bond donors (Lipinski definition) is 2. The van der Waals surface area contributed by atoms with Crippen LogP contribution in [0.1, 0.15) is 23.7 Å². The van der Waals surface area contributed by atoms with Crippen molar-refractivity contribution in [3.63, 3.8) is 0 Å². The fourth-order valence-corrected chi connectivity index (χ4v) is 1.40. The second-order valence-electron chi connectivity index (χ2n) is 3.69. The first-order valence-corrected chi connectivity index (χ1v) is 5.84. The SMILES string of the molecule is CCOC(=O)CC(=O)Nc1ccc(C(=O)NC)cc1. The highest BCUT2D eigenvalue weighted by Gasteiger charge is 2.10. The lowest BCUT2D eigenvalue weighted by Gasteiger charge is -2.06. The van der Waals surface area contributed by atoms with Crippen molar-refractivity contribution in [3.8, 4) is 0 Å². The number of carbonyl (C=O) groups is 3. The van der Waals surface area contributed by atoms with E-state index in [1.54, 1.807) is 31.2 Å². The van der Waals surface area contributed by atoms with Gasteiger partial charge in [0, 0.05) is 18.3 Å². The average molecular weight is 264 g/mol. The predicted octanol–water partition coefficient (Wildman–Crippen LogP) is 0.938. The van der Waals surface area contributed by atoms with E-state index in [2.05, 4.69) is 15.4 Å². The van der Waals surface area contributed by atoms with Gasteiger partial charge in [0.1, 0.15) is 6.42 Å². The Morgan fingerprint density at radius 3 is 2.32 bits per heavy atom. The molecule has 1 aromatic rings. The van der Waals surface area contributed by atoms with E-state index < -0.39 is 11.9 Å². The van der Waals surface area contributed by atoms with E-state index in [9.17, 15) is 14.4 Å². The second-order valence-corrected chi connectivity index (χ2v) is 3.69. The van der Waals surface area contributed by atoms with Crippen molar-refractivity contribution in [2.75, 3.05) is 19.0 Å². The van der Waals surface area contributed by atoms with Crippen LogP contribution < -0.4 is 10.6 Å². The second kappa shape index (κ2) is 7.15.